The van der Waals surface area contributed by atoms with Crippen molar-refractivity contribution >= 4 is 21.5 Å². The average molecular weight is 394 g/mol. The monoisotopic (exact) mass is 394 g/mol. The van der Waals surface area contributed by atoms with Crippen molar-refractivity contribution < 1.29 is 18.0 Å². The number of benzene rings is 2. The summed E-state index contributed by atoms with van der Waals surface area (Å²) < 4.78 is 27.9. The summed E-state index contributed by atoms with van der Waals surface area (Å²) in [7, 11) is -1.96. The summed E-state index contributed by atoms with van der Waals surface area (Å²) in [6, 6.07) is 14.2. The van der Waals surface area contributed by atoms with Crippen LogP contribution in [0.4, 0.5) is 0 Å². The predicted octanol–water partition coefficient (Wildman–Crippen LogP) is 2.64. The van der Waals surface area contributed by atoms with Crippen LogP contribution in [-0.4, -0.2) is 24.7 Å². The first-order valence-electron chi connectivity index (χ1n) is 8.73. The van der Waals surface area contributed by atoms with Crippen molar-refractivity contribution in [2.45, 2.75) is 23.3 Å². The Morgan fingerprint density at radius 2 is 1.71 bits per heavy atom. The molecule has 3 aromatic rings. The minimum Gasteiger partial charge on any atom is -0.350 e. The Labute approximate surface area is 162 Å². The van der Waals surface area contributed by atoms with Crippen molar-refractivity contribution in [1.29, 1.82) is 0 Å². The third-order valence-electron chi connectivity index (χ3n) is 5.11. The molecular weight excluding hydrogens is 376 g/mol. The van der Waals surface area contributed by atoms with Gasteiger partial charge in [0.15, 0.2) is 5.78 Å². The highest BCUT2D eigenvalue weighted by atomic mass is 32.2. The summed E-state index contributed by atoms with van der Waals surface area (Å²) in [6.45, 7) is 2.28. The van der Waals surface area contributed by atoms with Crippen LogP contribution < -0.4 is 5.32 Å². The fourth-order valence-corrected chi connectivity index (χ4v) is 5.02. The van der Waals surface area contributed by atoms with Crippen LogP contribution in [0.1, 0.15) is 37.7 Å². The fourth-order valence-electron chi connectivity index (χ4n) is 3.34. The van der Waals surface area contributed by atoms with Crippen LogP contribution in [0, 0.1) is 6.92 Å². The maximum absolute atomic E-state index is 13.0. The Kier molecular flexibility index (Phi) is 4.19. The lowest BCUT2D eigenvalue weighted by atomic mass is 10.0. The van der Waals surface area contributed by atoms with Crippen LogP contribution in [0.3, 0.4) is 0 Å². The van der Waals surface area contributed by atoms with Crippen molar-refractivity contribution in [3.05, 3.63) is 82.7 Å². The van der Waals surface area contributed by atoms with Gasteiger partial charge in [0.2, 0.25) is 9.84 Å². The van der Waals surface area contributed by atoms with Gasteiger partial charge in [-0.15, -0.1) is 0 Å². The third-order valence-corrected chi connectivity index (χ3v) is 6.96. The number of hydrogen-bond donors (Lipinski definition) is 1. The van der Waals surface area contributed by atoms with Gasteiger partial charge in [0.05, 0.1) is 16.3 Å². The molecule has 1 amide bonds. The van der Waals surface area contributed by atoms with Gasteiger partial charge in [-0.1, -0.05) is 12.1 Å². The van der Waals surface area contributed by atoms with Gasteiger partial charge >= 0.3 is 0 Å². The van der Waals surface area contributed by atoms with E-state index < -0.39 is 15.7 Å². The molecule has 0 spiro atoms. The first-order valence-corrected chi connectivity index (χ1v) is 10.2. The molecule has 2 heterocycles. The number of nitrogens with one attached hydrogen (secondary N) is 1. The van der Waals surface area contributed by atoms with E-state index in [2.05, 4.69) is 5.32 Å². The SMILES string of the molecule is Cc1ccc(CNC(=O)c2ccc3c(c2)S(=O)(=O)c2ccccc2C3=O)n1C. The third kappa shape index (κ3) is 2.75. The molecule has 2 aromatic carbocycles. The second kappa shape index (κ2) is 6.45. The molecule has 1 aromatic heterocycles. The molecule has 0 saturated carbocycles. The molecule has 1 aliphatic rings. The average Bonchev–Trinajstić information content (AvgIpc) is 3.02. The summed E-state index contributed by atoms with van der Waals surface area (Å²) in [5.41, 5.74) is 2.45. The van der Waals surface area contributed by atoms with Gasteiger partial charge in [0, 0.05) is 35.1 Å². The van der Waals surface area contributed by atoms with E-state index in [-0.39, 0.29) is 32.3 Å². The summed E-state index contributed by atoms with van der Waals surface area (Å²) in [6.07, 6.45) is 0. The normalized spacial score (nSPS) is 14.3. The predicted molar refractivity (Wildman–Crippen MR) is 103 cm³/mol. The summed E-state index contributed by atoms with van der Waals surface area (Å²) in [5, 5.41) is 2.79. The zero-order chi connectivity index (χ0) is 20.1. The Bertz CT molecular complexity index is 1240. The lowest BCUT2D eigenvalue weighted by Crippen LogP contribution is -2.25. The molecule has 1 aliphatic heterocycles. The van der Waals surface area contributed by atoms with E-state index in [1.807, 2.05) is 30.7 Å². The minimum atomic E-state index is -3.87. The van der Waals surface area contributed by atoms with Gasteiger partial charge in [0.25, 0.3) is 5.91 Å². The molecule has 0 bridgehead atoms. The number of ketones is 1. The van der Waals surface area contributed by atoms with Gasteiger partial charge in [-0.05, 0) is 49.4 Å². The first kappa shape index (κ1) is 18.2. The van der Waals surface area contributed by atoms with Crippen molar-refractivity contribution in [1.82, 2.24) is 9.88 Å². The molecule has 0 saturated heterocycles. The zero-order valence-electron chi connectivity index (χ0n) is 15.4. The molecule has 0 aliphatic carbocycles. The maximum atomic E-state index is 13.0. The number of carbonyl (C=O) groups is 2. The van der Waals surface area contributed by atoms with E-state index in [1.54, 1.807) is 12.1 Å². The number of sulfone groups is 1. The Morgan fingerprint density at radius 3 is 2.43 bits per heavy atom. The summed E-state index contributed by atoms with van der Waals surface area (Å²) >= 11 is 0. The summed E-state index contributed by atoms with van der Waals surface area (Å²) in [4.78, 5) is 25.1. The van der Waals surface area contributed by atoms with Crippen LogP contribution in [0.25, 0.3) is 0 Å². The largest absolute Gasteiger partial charge is 0.350 e. The quantitative estimate of drug-likeness (QED) is 0.579. The molecule has 0 atom stereocenters. The van der Waals surface area contributed by atoms with Crippen LogP contribution >= 0.6 is 0 Å². The van der Waals surface area contributed by atoms with E-state index in [0.29, 0.717) is 6.54 Å². The number of rotatable bonds is 3. The molecule has 0 fully saturated rings. The van der Waals surface area contributed by atoms with E-state index in [0.717, 1.165) is 11.4 Å². The Morgan fingerprint density at radius 1 is 1.00 bits per heavy atom. The molecule has 6 nitrogen and oxygen atoms in total. The highest BCUT2D eigenvalue weighted by Gasteiger charge is 2.34. The number of hydrogen-bond acceptors (Lipinski definition) is 4. The van der Waals surface area contributed by atoms with E-state index >= 15 is 0 Å². The van der Waals surface area contributed by atoms with Gasteiger partial charge in [-0.2, -0.15) is 0 Å². The number of aryl methyl sites for hydroxylation is 1. The topological polar surface area (TPSA) is 85.2 Å². The first-order chi connectivity index (χ1) is 13.3. The van der Waals surface area contributed by atoms with Crippen molar-refractivity contribution in [2.24, 2.45) is 7.05 Å². The van der Waals surface area contributed by atoms with Gasteiger partial charge in [-0.25, -0.2) is 8.42 Å². The molecule has 1 N–H and O–H groups in total. The van der Waals surface area contributed by atoms with E-state index in [4.69, 9.17) is 0 Å². The van der Waals surface area contributed by atoms with Crippen molar-refractivity contribution in [3.8, 4) is 0 Å². The zero-order valence-corrected chi connectivity index (χ0v) is 16.2. The van der Waals surface area contributed by atoms with Gasteiger partial charge in [0.1, 0.15) is 0 Å². The Hall–Kier alpha value is -3.19. The summed E-state index contributed by atoms with van der Waals surface area (Å²) in [5.74, 6) is -0.755. The van der Waals surface area contributed by atoms with E-state index in [1.165, 1.54) is 30.3 Å². The lowest BCUT2D eigenvalue weighted by molar-refractivity contribution is 0.0948. The highest BCUT2D eigenvalue weighted by Crippen LogP contribution is 2.34. The molecule has 0 radical (unpaired) electrons. The molecule has 4 rings (SSSR count). The second-order valence-electron chi connectivity index (χ2n) is 6.75. The highest BCUT2D eigenvalue weighted by molar-refractivity contribution is 7.91. The van der Waals surface area contributed by atoms with E-state index in [9.17, 15) is 18.0 Å². The molecule has 0 unspecified atom stereocenters. The number of fused-ring (bicyclic) bond motifs is 2. The number of aromatic nitrogens is 1. The van der Waals surface area contributed by atoms with Gasteiger partial charge in [-0.3, -0.25) is 9.59 Å². The number of carbonyl (C=O) groups excluding carboxylic acids is 2. The van der Waals surface area contributed by atoms with Crippen molar-refractivity contribution in [3.63, 3.8) is 0 Å². The van der Waals surface area contributed by atoms with Gasteiger partial charge < -0.3 is 9.88 Å². The molecule has 142 valence electrons. The van der Waals surface area contributed by atoms with Crippen LogP contribution in [0.5, 0.6) is 0 Å². The minimum absolute atomic E-state index is 0.0238. The van der Waals surface area contributed by atoms with Crippen LogP contribution in [0.2, 0.25) is 0 Å². The second-order valence-corrected chi connectivity index (χ2v) is 8.63. The Balaban J connectivity index is 1.67. The standard InChI is InChI=1S/C21H18N2O4S/c1-13-7-9-15(23(13)2)12-22-21(25)14-8-10-17-19(11-14)28(26,27)18-6-4-3-5-16(18)20(17)24/h3-11H,12H2,1-2H3,(H,22,25). The van der Waals surface area contributed by atoms with Crippen molar-refractivity contribution in [2.75, 3.05) is 0 Å². The fraction of sp³-hybridized carbons (Fsp3) is 0.143. The maximum Gasteiger partial charge on any atom is 0.251 e. The smallest absolute Gasteiger partial charge is 0.251 e. The lowest BCUT2D eigenvalue weighted by Gasteiger charge is -2.19. The molecule has 28 heavy (non-hydrogen) atoms. The van der Waals surface area contributed by atoms with Crippen LogP contribution in [0.15, 0.2) is 64.4 Å². The molecular formula is C21H18N2O4S. The number of nitrogens with zero attached hydrogens (tertiary/aromatic N) is 1. The number of amides is 1. The van der Waals surface area contributed by atoms with Crippen LogP contribution in [-0.2, 0) is 23.4 Å². The molecule has 7 heteroatoms.